The molecule has 0 aliphatic heterocycles. The lowest BCUT2D eigenvalue weighted by Crippen LogP contribution is -2.16. The fraction of sp³-hybridized carbons (Fsp3) is 0.933. The van der Waals surface area contributed by atoms with Gasteiger partial charge in [-0.25, -0.2) is 4.79 Å². The van der Waals surface area contributed by atoms with Gasteiger partial charge in [-0.2, -0.15) is 0 Å². The van der Waals surface area contributed by atoms with Crippen LogP contribution in [0.25, 0.3) is 0 Å². The average molecular weight is 322 g/mol. The van der Waals surface area contributed by atoms with Gasteiger partial charge >= 0.3 is 6.16 Å². The summed E-state index contributed by atoms with van der Waals surface area (Å²) in [6.07, 6.45) is 1.27. The molecule has 0 aromatic heterocycles. The van der Waals surface area contributed by atoms with E-state index in [0.717, 1.165) is 26.1 Å². The first kappa shape index (κ1) is 21.1. The highest BCUT2D eigenvalue weighted by molar-refractivity contribution is 5.59. The molecule has 0 bridgehead atoms. The molecule has 0 N–H and O–H groups in total. The number of ether oxygens (including phenoxy) is 6. The van der Waals surface area contributed by atoms with Crippen molar-refractivity contribution in [1.29, 1.82) is 0 Å². The highest BCUT2D eigenvalue weighted by atomic mass is 16.7. The Kier molecular flexibility index (Phi) is 17.4. The van der Waals surface area contributed by atoms with Crippen molar-refractivity contribution in [1.82, 2.24) is 0 Å². The van der Waals surface area contributed by atoms with E-state index >= 15 is 0 Å². The van der Waals surface area contributed by atoms with E-state index in [0.29, 0.717) is 39.6 Å². The molecule has 0 aliphatic carbocycles. The average Bonchev–Trinajstić information content (AvgIpc) is 2.52. The minimum Gasteiger partial charge on any atom is -0.432 e. The molecule has 7 heteroatoms. The summed E-state index contributed by atoms with van der Waals surface area (Å²) in [5, 5.41) is 0. The summed E-state index contributed by atoms with van der Waals surface area (Å²) in [7, 11) is 0. The topological polar surface area (TPSA) is 72.5 Å². The largest absolute Gasteiger partial charge is 0.508 e. The molecule has 7 nitrogen and oxygen atoms in total. The lowest BCUT2D eigenvalue weighted by atomic mass is 10.5. The molecule has 0 rings (SSSR count). The minimum atomic E-state index is -0.711. The number of carbonyl (C=O) groups is 1. The van der Waals surface area contributed by atoms with Crippen LogP contribution in [0.5, 0.6) is 0 Å². The lowest BCUT2D eigenvalue weighted by molar-refractivity contribution is -0.00590. The van der Waals surface area contributed by atoms with Gasteiger partial charge in [0.2, 0.25) is 0 Å². The molecule has 0 saturated heterocycles. The first-order chi connectivity index (χ1) is 10.8. The number of hydrogen-bond donors (Lipinski definition) is 0. The van der Waals surface area contributed by atoms with E-state index in [1.54, 1.807) is 0 Å². The monoisotopic (exact) mass is 322 g/mol. The van der Waals surface area contributed by atoms with E-state index in [4.69, 9.17) is 28.4 Å². The summed E-state index contributed by atoms with van der Waals surface area (Å²) in [4.78, 5) is 11.2. The quantitative estimate of drug-likeness (QED) is 0.318. The molecule has 0 spiro atoms. The smallest absolute Gasteiger partial charge is 0.432 e. The van der Waals surface area contributed by atoms with Crippen molar-refractivity contribution in [2.24, 2.45) is 0 Å². The van der Waals surface area contributed by atoms with Crippen molar-refractivity contribution >= 4 is 6.16 Å². The number of rotatable bonds is 16. The van der Waals surface area contributed by atoms with Crippen molar-refractivity contribution in [3.63, 3.8) is 0 Å². The molecule has 0 fully saturated rings. The molecule has 0 atom stereocenters. The van der Waals surface area contributed by atoms with Crippen molar-refractivity contribution in [3.05, 3.63) is 0 Å². The van der Waals surface area contributed by atoms with Gasteiger partial charge in [0.15, 0.2) is 0 Å². The van der Waals surface area contributed by atoms with Gasteiger partial charge in [0.1, 0.15) is 13.2 Å². The first-order valence-corrected chi connectivity index (χ1v) is 7.91. The van der Waals surface area contributed by atoms with Crippen LogP contribution in [0.15, 0.2) is 0 Å². The molecule has 0 aromatic rings. The fourth-order valence-corrected chi connectivity index (χ4v) is 1.34. The maximum atomic E-state index is 11.2. The van der Waals surface area contributed by atoms with Gasteiger partial charge in [0, 0.05) is 13.2 Å². The van der Waals surface area contributed by atoms with E-state index < -0.39 is 6.16 Å². The van der Waals surface area contributed by atoms with Crippen molar-refractivity contribution in [2.75, 3.05) is 66.1 Å². The third kappa shape index (κ3) is 17.2. The Morgan fingerprint density at radius 2 is 0.864 bits per heavy atom. The van der Waals surface area contributed by atoms with Crippen LogP contribution in [0.4, 0.5) is 4.79 Å². The minimum absolute atomic E-state index is 0.165. The van der Waals surface area contributed by atoms with Crippen LogP contribution in [-0.2, 0) is 28.4 Å². The van der Waals surface area contributed by atoms with Gasteiger partial charge < -0.3 is 28.4 Å². The normalized spacial score (nSPS) is 10.6. The van der Waals surface area contributed by atoms with Crippen molar-refractivity contribution in [3.8, 4) is 0 Å². The van der Waals surface area contributed by atoms with Gasteiger partial charge in [-0.3, -0.25) is 0 Å². The summed E-state index contributed by atoms with van der Waals surface area (Å²) in [6.45, 7) is 8.64. The highest BCUT2D eigenvalue weighted by Crippen LogP contribution is 1.88. The van der Waals surface area contributed by atoms with E-state index in [1.165, 1.54) is 0 Å². The molecule has 0 saturated carbocycles. The van der Waals surface area contributed by atoms with Crippen LogP contribution in [-0.4, -0.2) is 72.2 Å². The van der Waals surface area contributed by atoms with Gasteiger partial charge in [-0.15, -0.1) is 0 Å². The summed E-state index contributed by atoms with van der Waals surface area (Å²) < 4.78 is 30.6. The van der Waals surface area contributed by atoms with Gasteiger partial charge in [0.25, 0.3) is 0 Å². The summed E-state index contributed by atoms with van der Waals surface area (Å²) >= 11 is 0. The van der Waals surface area contributed by atoms with Gasteiger partial charge in [0.05, 0.1) is 39.6 Å². The van der Waals surface area contributed by atoms with E-state index in [2.05, 4.69) is 0 Å². The Morgan fingerprint density at radius 1 is 0.545 bits per heavy atom. The lowest BCUT2D eigenvalue weighted by Gasteiger charge is -2.08. The number of hydrogen-bond acceptors (Lipinski definition) is 7. The maximum absolute atomic E-state index is 11.2. The predicted molar refractivity (Wildman–Crippen MR) is 81.2 cm³/mol. The first-order valence-electron chi connectivity index (χ1n) is 7.91. The number of carbonyl (C=O) groups excluding carboxylic acids is 1. The van der Waals surface area contributed by atoms with Crippen LogP contribution in [0.2, 0.25) is 0 Å². The van der Waals surface area contributed by atoms with Crippen molar-refractivity contribution in [2.45, 2.75) is 26.7 Å². The second-order valence-electron chi connectivity index (χ2n) is 4.40. The van der Waals surface area contributed by atoms with Crippen LogP contribution >= 0.6 is 0 Å². The summed E-state index contributed by atoms with van der Waals surface area (Å²) in [6, 6.07) is 0. The molecule has 0 radical (unpaired) electrons. The van der Waals surface area contributed by atoms with Crippen LogP contribution in [0.3, 0.4) is 0 Å². The zero-order valence-electron chi connectivity index (χ0n) is 13.8. The predicted octanol–water partition coefficient (Wildman–Crippen LogP) is 2.03. The van der Waals surface area contributed by atoms with Crippen LogP contribution < -0.4 is 0 Å². The molecular formula is C15H30O7. The van der Waals surface area contributed by atoms with E-state index in [1.807, 2.05) is 13.8 Å². The molecule has 0 unspecified atom stereocenters. The van der Waals surface area contributed by atoms with Gasteiger partial charge in [-0.1, -0.05) is 13.8 Å². The Bertz CT molecular complexity index is 214. The third-order valence-corrected chi connectivity index (χ3v) is 2.34. The molecule has 132 valence electrons. The molecule has 0 heterocycles. The van der Waals surface area contributed by atoms with Gasteiger partial charge in [-0.05, 0) is 12.8 Å². The van der Waals surface area contributed by atoms with E-state index in [9.17, 15) is 4.79 Å². The third-order valence-electron chi connectivity index (χ3n) is 2.34. The second kappa shape index (κ2) is 18.2. The van der Waals surface area contributed by atoms with Crippen LogP contribution in [0.1, 0.15) is 26.7 Å². The van der Waals surface area contributed by atoms with Crippen molar-refractivity contribution < 1.29 is 33.2 Å². The van der Waals surface area contributed by atoms with Crippen LogP contribution in [0, 0.1) is 0 Å². The standard InChI is InChI=1S/C15H30O7/c1-3-5-17-7-9-19-11-13-21-15(16)22-14-12-20-10-8-18-6-4-2/h3-14H2,1-2H3. The molecule has 0 aliphatic rings. The molecular weight excluding hydrogens is 292 g/mol. The highest BCUT2D eigenvalue weighted by Gasteiger charge is 2.03. The maximum Gasteiger partial charge on any atom is 0.508 e. The summed E-state index contributed by atoms with van der Waals surface area (Å²) in [5.74, 6) is 0. The van der Waals surface area contributed by atoms with E-state index in [-0.39, 0.29) is 13.2 Å². The fourth-order valence-electron chi connectivity index (χ4n) is 1.34. The Morgan fingerprint density at radius 3 is 1.23 bits per heavy atom. The Balaban J connectivity index is 3.13. The Hall–Kier alpha value is -0.890. The SMILES string of the molecule is CCCOCCOCCOC(=O)OCCOCCOCCC. The zero-order chi connectivity index (χ0) is 16.3. The molecule has 0 aromatic carbocycles. The molecule has 22 heavy (non-hydrogen) atoms. The second-order valence-corrected chi connectivity index (χ2v) is 4.40. The molecule has 0 amide bonds. The summed E-state index contributed by atoms with van der Waals surface area (Å²) in [5.41, 5.74) is 0. The zero-order valence-corrected chi connectivity index (χ0v) is 13.8. The Labute approximate surface area is 133 Å².